The first-order valence-corrected chi connectivity index (χ1v) is 10.7. The summed E-state index contributed by atoms with van der Waals surface area (Å²) in [6.07, 6.45) is 3.81. The van der Waals surface area contributed by atoms with E-state index in [9.17, 15) is 9.59 Å². The van der Waals surface area contributed by atoms with E-state index in [-0.39, 0.29) is 37.4 Å². The Morgan fingerprint density at radius 1 is 0.971 bits per heavy atom. The summed E-state index contributed by atoms with van der Waals surface area (Å²) >= 11 is 0. The normalized spacial score (nSPS) is 12.3. The van der Waals surface area contributed by atoms with E-state index in [1.165, 1.54) is 0 Å². The predicted octanol–water partition coefficient (Wildman–Crippen LogP) is 4.30. The van der Waals surface area contributed by atoms with E-state index in [1.54, 1.807) is 32.4 Å². The van der Waals surface area contributed by atoms with Gasteiger partial charge in [0.05, 0.1) is 26.8 Å². The second-order valence-electron chi connectivity index (χ2n) is 7.45. The number of methoxy groups -OCH3 is 2. The van der Waals surface area contributed by atoms with Crippen molar-refractivity contribution in [3.05, 3.63) is 53.6 Å². The highest BCUT2D eigenvalue weighted by molar-refractivity contribution is 5.85. The van der Waals surface area contributed by atoms with Gasteiger partial charge in [0.2, 0.25) is 5.91 Å². The van der Waals surface area contributed by atoms with E-state index in [1.807, 2.05) is 50.3 Å². The van der Waals surface area contributed by atoms with Gasteiger partial charge in [0.25, 0.3) is 0 Å². The van der Waals surface area contributed by atoms with Crippen molar-refractivity contribution in [1.82, 2.24) is 5.32 Å². The first kappa shape index (κ1) is 28.8. The predicted molar refractivity (Wildman–Crippen MR) is 135 cm³/mol. The largest absolute Gasteiger partial charge is 0.513 e. The SMILES string of the molecule is CCC(C)C(N)C(=O)NCCOC(=O)Oc1ccc(C=Cc2cc(OC)cc(OC)c2)cc1.Cl. The molecule has 0 aromatic heterocycles. The van der Waals surface area contributed by atoms with Crippen molar-refractivity contribution < 1.29 is 28.5 Å². The molecule has 2 aromatic rings. The Morgan fingerprint density at radius 2 is 1.56 bits per heavy atom. The van der Waals surface area contributed by atoms with Gasteiger partial charge in [-0.2, -0.15) is 0 Å². The van der Waals surface area contributed by atoms with Crippen LogP contribution in [0, 0.1) is 5.92 Å². The molecule has 0 bridgehead atoms. The molecule has 0 aliphatic heterocycles. The summed E-state index contributed by atoms with van der Waals surface area (Å²) in [5.41, 5.74) is 7.69. The van der Waals surface area contributed by atoms with Gasteiger partial charge in [-0.25, -0.2) is 4.79 Å². The lowest BCUT2D eigenvalue weighted by molar-refractivity contribution is -0.123. The highest BCUT2D eigenvalue weighted by atomic mass is 35.5. The average Bonchev–Trinajstić information content (AvgIpc) is 2.84. The number of amides is 1. The quantitative estimate of drug-likeness (QED) is 0.208. The molecule has 2 aromatic carbocycles. The van der Waals surface area contributed by atoms with Crippen LogP contribution in [0.2, 0.25) is 0 Å². The molecule has 0 saturated heterocycles. The van der Waals surface area contributed by atoms with Crippen LogP contribution >= 0.6 is 12.4 Å². The number of carbonyl (C=O) groups excluding carboxylic acids is 2. The zero-order chi connectivity index (χ0) is 24.2. The summed E-state index contributed by atoms with van der Waals surface area (Å²) < 4.78 is 20.7. The fraction of sp³-hybridized carbons (Fsp3) is 0.360. The molecular formula is C25H33ClN2O6. The minimum absolute atomic E-state index is 0. The van der Waals surface area contributed by atoms with Crippen molar-refractivity contribution in [1.29, 1.82) is 0 Å². The first-order valence-electron chi connectivity index (χ1n) is 10.7. The second kappa shape index (κ2) is 14.8. The Kier molecular flexibility index (Phi) is 12.6. The molecule has 0 fully saturated rings. The molecule has 186 valence electrons. The third kappa shape index (κ3) is 9.33. The van der Waals surface area contributed by atoms with Crippen LogP contribution in [0.5, 0.6) is 17.2 Å². The Hall–Kier alpha value is -3.23. The Labute approximate surface area is 206 Å². The van der Waals surface area contributed by atoms with Gasteiger partial charge in [0.15, 0.2) is 0 Å². The van der Waals surface area contributed by atoms with Crippen LogP contribution in [0.25, 0.3) is 12.2 Å². The van der Waals surface area contributed by atoms with Gasteiger partial charge in [0, 0.05) is 6.07 Å². The maximum atomic E-state index is 11.9. The van der Waals surface area contributed by atoms with Crippen LogP contribution in [0.15, 0.2) is 42.5 Å². The minimum atomic E-state index is -0.845. The average molecular weight is 493 g/mol. The van der Waals surface area contributed by atoms with E-state index in [0.717, 1.165) is 17.5 Å². The van der Waals surface area contributed by atoms with E-state index in [4.69, 9.17) is 24.7 Å². The lowest BCUT2D eigenvalue weighted by atomic mass is 9.99. The van der Waals surface area contributed by atoms with E-state index >= 15 is 0 Å². The van der Waals surface area contributed by atoms with E-state index < -0.39 is 12.2 Å². The molecule has 0 aliphatic rings. The summed E-state index contributed by atoms with van der Waals surface area (Å²) in [6.45, 7) is 4.03. The lowest BCUT2D eigenvalue weighted by Crippen LogP contribution is -2.45. The molecule has 9 heteroatoms. The summed E-state index contributed by atoms with van der Waals surface area (Å²) in [6, 6.07) is 12.0. The van der Waals surface area contributed by atoms with Crippen LogP contribution in [0.4, 0.5) is 4.79 Å². The highest BCUT2D eigenvalue weighted by Gasteiger charge is 2.18. The van der Waals surface area contributed by atoms with Gasteiger partial charge in [-0.15, -0.1) is 12.4 Å². The van der Waals surface area contributed by atoms with Crippen LogP contribution in [-0.4, -0.2) is 45.5 Å². The maximum Gasteiger partial charge on any atom is 0.513 e. The number of ether oxygens (including phenoxy) is 4. The number of nitrogens with two attached hydrogens (primary N) is 1. The van der Waals surface area contributed by atoms with Gasteiger partial charge in [0.1, 0.15) is 23.9 Å². The molecule has 0 spiro atoms. The summed E-state index contributed by atoms with van der Waals surface area (Å²) in [5, 5.41) is 2.65. The van der Waals surface area contributed by atoms with Gasteiger partial charge >= 0.3 is 6.16 Å². The van der Waals surface area contributed by atoms with Crippen LogP contribution in [-0.2, 0) is 9.53 Å². The molecule has 34 heavy (non-hydrogen) atoms. The highest BCUT2D eigenvalue weighted by Crippen LogP contribution is 2.24. The summed E-state index contributed by atoms with van der Waals surface area (Å²) in [7, 11) is 3.21. The number of halogens is 1. The smallest absolute Gasteiger partial charge is 0.497 e. The van der Waals surface area contributed by atoms with E-state index in [0.29, 0.717) is 17.2 Å². The summed E-state index contributed by atoms with van der Waals surface area (Å²) in [4.78, 5) is 23.7. The number of carbonyl (C=O) groups is 2. The number of hydrogen-bond acceptors (Lipinski definition) is 7. The fourth-order valence-corrected chi connectivity index (χ4v) is 2.83. The van der Waals surface area contributed by atoms with Crippen LogP contribution in [0.1, 0.15) is 31.4 Å². The molecule has 1 amide bonds. The van der Waals surface area contributed by atoms with Gasteiger partial charge in [-0.1, -0.05) is 44.6 Å². The van der Waals surface area contributed by atoms with Crippen LogP contribution in [0.3, 0.4) is 0 Å². The molecule has 2 rings (SSSR count). The molecule has 0 aliphatic carbocycles. The van der Waals surface area contributed by atoms with Gasteiger partial charge in [-0.3, -0.25) is 4.79 Å². The standard InChI is InChI=1S/C25H32N2O6.ClH/c1-5-17(2)23(26)24(28)27-12-13-32-25(29)33-20-10-8-18(9-11-20)6-7-19-14-21(30-3)16-22(15-19)31-4;/h6-11,14-17,23H,5,12-13,26H2,1-4H3,(H,27,28);1H. The fourth-order valence-electron chi connectivity index (χ4n) is 2.83. The number of benzene rings is 2. The zero-order valence-electron chi connectivity index (χ0n) is 19.9. The van der Waals surface area contributed by atoms with Crippen molar-refractivity contribution in [2.45, 2.75) is 26.3 Å². The second-order valence-corrected chi connectivity index (χ2v) is 7.45. The Bertz CT molecular complexity index is 927. The molecule has 2 unspecified atom stereocenters. The molecule has 0 heterocycles. The molecule has 2 atom stereocenters. The maximum absolute atomic E-state index is 11.9. The molecule has 3 N–H and O–H groups in total. The monoisotopic (exact) mass is 492 g/mol. The molecular weight excluding hydrogens is 460 g/mol. The van der Waals surface area contributed by atoms with Crippen molar-refractivity contribution >= 4 is 36.6 Å². The van der Waals surface area contributed by atoms with Gasteiger partial charge < -0.3 is 30.0 Å². The number of nitrogens with one attached hydrogen (secondary N) is 1. The summed E-state index contributed by atoms with van der Waals surface area (Å²) in [5.74, 6) is 1.57. The Balaban J connectivity index is 0.00000578. The van der Waals surface area contributed by atoms with Gasteiger partial charge in [-0.05, 0) is 41.3 Å². The number of rotatable bonds is 11. The molecule has 8 nitrogen and oxygen atoms in total. The Morgan fingerprint density at radius 3 is 2.12 bits per heavy atom. The third-order valence-corrected chi connectivity index (χ3v) is 5.10. The van der Waals surface area contributed by atoms with Crippen LogP contribution < -0.4 is 25.3 Å². The zero-order valence-corrected chi connectivity index (χ0v) is 20.7. The topological polar surface area (TPSA) is 109 Å². The number of hydrogen-bond donors (Lipinski definition) is 2. The molecule has 0 radical (unpaired) electrons. The van der Waals surface area contributed by atoms with Crippen molar-refractivity contribution in [2.24, 2.45) is 11.7 Å². The van der Waals surface area contributed by atoms with Crippen molar-refractivity contribution in [2.75, 3.05) is 27.4 Å². The van der Waals surface area contributed by atoms with E-state index in [2.05, 4.69) is 5.32 Å². The first-order chi connectivity index (χ1) is 15.9. The van der Waals surface area contributed by atoms with Crippen molar-refractivity contribution in [3.63, 3.8) is 0 Å². The molecule has 0 saturated carbocycles. The third-order valence-electron chi connectivity index (χ3n) is 5.10. The van der Waals surface area contributed by atoms with Crippen molar-refractivity contribution in [3.8, 4) is 17.2 Å². The minimum Gasteiger partial charge on any atom is -0.497 e. The lowest BCUT2D eigenvalue weighted by Gasteiger charge is -2.17.